The summed E-state index contributed by atoms with van der Waals surface area (Å²) in [6.07, 6.45) is 0. The van der Waals surface area contributed by atoms with Gasteiger partial charge in [0.05, 0.1) is 6.54 Å². The topological polar surface area (TPSA) is 52.7 Å². The number of Topliss-reactive ketones (excluding diaryl/α,β-unsaturated/α-hetero) is 1. The lowest BCUT2D eigenvalue weighted by molar-refractivity contribution is -0.117. The number of anilines is 2. The third kappa shape index (κ3) is 5.72. The molecule has 1 N–H and O–H groups in total. The monoisotopic (exact) mass is 339 g/mol. The average Bonchev–Trinajstić information content (AvgIpc) is 2.55. The summed E-state index contributed by atoms with van der Waals surface area (Å²) in [5.74, 6) is -0.0686. The van der Waals surface area contributed by atoms with Gasteiger partial charge in [-0.25, -0.2) is 0 Å². The second-order valence-corrected chi connectivity index (χ2v) is 6.41. The molecule has 2 rings (SSSR count). The number of rotatable bonds is 7. The molecular weight excluding hydrogens is 314 g/mol. The minimum absolute atomic E-state index is 0.0119. The van der Waals surface area contributed by atoms with Gasteiger partial charge in [0.15, 0.2) is 5.78 Å². The van der Waals surface area contributed by atoms with E-state index in [0.717, 1.165) is 11.3 Å². The summed E-state index contributed by atoms with van der Waals surface area (Å²) < 4.78 is 0. The van der Waals surface area contributed by atoms with Crippen molar-refractivity contribution in [2.45, 2.75) is 13.5 Å². The summed E-state index contributed by atoms with van der Waals surface area (Å²) in [5, 5.41) is 2.85. The van der Waals surface area contributed by atoms with Crippen LogP contribution in [-0.2, 0) is 11.3 Å². The van der Waals surface area contributed by atoms with Crippen LogP contribution in [0.3, 0.4) is 0 Å². The Morgan fingerprint density at radius 2 is 1.52 bits per heavy atom. The molecule has 0 heterocycles. The molecule has 0 bridgehead atoms. The Hall–Kier alpha value is -2.66. The van der Waals surface area contributed by atoms with E-state index in [9.17, 15) is 9.59 Å². The highest BCUT2D eigenvalue weighted by Crippen LogP contribution is 2.14. The second-order valence-electron chi connectivity index (χ2n) is 6.41. The maximum absolute atomic E-state index is 12.1. The lowest BCUT2D eigenvalue weighted by Gasteiger charge is -2.18. The van der Waals surface area contributed by atoms with Crippen LogP contribution < -0.4 is 10.2 Å². The van der Waals surface area contributed by atoms with E-state index in [1.54, 1.807) is 24.3 Å². The van der Waals surface area contributed by atoms with Gasteiger partial charge in [-0.2, -0.15) is 0 Å². The highest BCUT2D eigenvalue weighted by atomic mass is 16.2. The van der Waals surface area contributed by atoms with Crippen LogP contribution in [-0.4, -0.2) is 44.3 Å². The number of carbonyl (C=O) groups is 2. The number of benzene rings is 2. The van der Waals surface area contributed by atoms with E-state index < -0.39 is 0 Å². The molecule has 2 aromatic carbocycles. The molecule has 132 valence electrons. The Labute approximate surface area is 149 Å². The van der Waals surface area contributed by atoms with Gasteiger partial charge in [-0.1, -0.05) is 12.1 Å². The number of nitrogens with one attached hydrogen (secondary N) is 1. The Morgan fingerprint density at radius 1 is 0.920 bits per heavy atom. The summed E-state index contributed by atoms with van der Waals surface area (Å²) >= 11 is 0. The Balaban J connectivity index is 1.86. The zero-order chi connectivity index (χ0) is 18.4. The van der Waals surface area contributed by atoms with Crippen molar-refractivity contribution in [2.75, 3.05) is 37.9 Å². The maximum atomic E-state index is 12.1. The smallest absolute Gasteiger partial charge is 0.238 e. The van der Waals surface area contributed by atoms with E-state index in [4.69, 9.17) is 0 Å². The third-order valence-corrected chi connectivity index (χ3v) is 3.89. The number of nitrogens with zero attached hydrogens (tertiary/aromatic N) is 2. The molecule has 0 atom stereocenters. The van der Waals surface area contributed by atoms with Gasteiger partial charge in [-0.15, -0.1) is 0 Å². The van der Waals surface area contributed by atoms with Gasteiger partial charge in [0.1, 0.15) is 0 Å². The van der Waals surface area contributed by atoms with E-state index in [1.165, 1.54) is 6.92 Å². The van der Waals surface area contributed by atoms with Crippen LogP contribution in [0.15, 0.2) is 48.5 Å². The highest BCUT2D eigenvalue weighted by molar-refractivity contribution is 5.96. The molecule has 0 aliphatic carbocycles. The van der Waals surface area contributed by atoms with Crippen LogP contribution in [0.1, 0.15) is 22.8 Å². The molecule has 5 heteroatoms. The van der Waals surface area contributed by atoms with Gasteiger partial charge in [-0.3, -0.25) is 14.5 Å². The first-order valence-electron chi connectivity index (χ1n) is 8.21. The van der Waals surface area contributed by atoms with Crippen LogP contribution in [0.2, 0.25) is 0 Å². The molecule has 5 nitrogen and oxygen atoms in total. The Kier molecular flexibility index (Phi) is 6.31. The molecule has 0 aliphatic rings. The minimum Gasteiger partial charge on any atom is -0.378 e. The van der Waals surface area contributed by atoms with Gasteiger partial charge < -0.3 is 10.2 Å². The number of hydrogen-bond donors (Lipinski definition) is 1. The fourth-order valence-electron chi connectivity index (χ4n) is 2.50. The summed E-state index contributed by atoms with van der Waals surface area (Å²) in [6, 6.07) is 15.2. The van der Waals surface area contributed by atoms with Crippen molar-refractivity contribution in [3.05, 3.63) is 59.7 Å². The Bertz CT molecular complexity index is 722. The molecule has 0 aliphatic heterocycles. The molecule has 1 amide bonds. The largest absolute Gasteiger partial charge is 0.378 e. The SMILES string of the molecule is CC(=O)c1ccc(NC(=O)CN(C)Cc2ccc(N(C)C)cc2)cc1. The number of hydrogen-bond acceptors (Lipinski definition) is 4. The van der Waals surface area contributed by atoms with Crippen LogP contribution in [0.5, 0.6) is 0 Å². The fraction of sp³-hybridized carbons (Fsp3) is 0.300. The zero-order valence-electron chi connectivity index (χ0n) is 15.2. The van der Waals surface area contributed by atoms with Crippen molar-refractivity contribution >= 4 is 23.1 Å². The molecule has 0 radical (unpaired) electrons. The molecule has 0 saturated carbocycles. The second kappa shape index (κ2) is 8.44. The normalized spacial score (nSPS) is 10.6. The molecule has 0 unspecified atom stereocenters. The summed E-state index contributed by atoms with van der Waals surface area (Å²) in [4.78, 5) is 27.4. The Morgan fingerprint density at radius 3 is 2.04 bits per heavy atom. The van der Waals surface area contributed by atoms with Gasteiger partial charge >= 0.3 is 0 Å². The van der Waals surface area contributed by atoms with Crippen LogP contribution in [0.4, 0.5) is 11.4 Å². The van der Waals surface area contributed by atoms with E-state index in [1.807, 2.05) is 26.0 Å². The fourth-order valence-corrected chi connectivity index (χ4v) is 2.50. The quantitative estimate of drug-likeness (QED) is 0.788. The lowest BCUT2D eigenvalue weighted by atomic mass is 10.1. The molecule has 0 aromatic heterocycles. The third-order valence-electron chi connectivity index (χ3n) is 3.89. The van der Waals surface area contributed by atoms with Crippen LogP contribution >= 0.6 is 0 Å². The zero-order valence-corrected chi connectivity index (χ0v) is 15.2. The summed E-state index contributed by atoms with van der Waals surface area (Å²) in [6.45, 7) is 2.52. The molecule has 2 aromatic rings. The highest BCUT2D eigenvalue weighted by Gasteiger charge is 2.08. The van der Waals surface area contributed by atoms with Gasteiger partial charge in [0, 0.05) is 37.6 Å². The number of amides is 1. The number of carbonyl (C=O) groups excluding carboxylic acids is 2. The first-order valence-corrected chi connectivity index (χ1v) is 8.21. The van der Waals surface area contributed by atoms with Gasteiger partial charge in [-0.05, 0) is 55.9 Å². The maximum Gasteiger partial charge on any atom is 0.238 e. The molecule has 0 saturated heterocycles. The van der Waals surface area contributed by atoms with E-state index >= 15 is 0 Å². The standard InChI is InChI=1S/C20H25N3O2/c1-15(24)17-7-9-18(10-8-17)21-20(25)14-23(4)13-16-5-11-19(12-6-16)22(2)3/h5-12H,13-14H2,1-4H3,(H,21,25). The molecule has 25 heavy (non-hydrogen) atoms. The van der Waals surface area contributed by atoms with Crippen LogP contribution in [0.25, 0.3) is 0 Å². The van der Waals surface area contributed by atoms with Gasteiger partial charge in [0.25, 0.3) is 0 Å². The van der Waals surface area contributed by atoms with Crippen molar-refractivity contribution in [3.8, 4) is 0 Å². The molecule has 0 spiro atoms. The van der Waals surface area contributed by atoms with Crippen molar-refractivity contribution in [1.82, 2.24) is 4.90 Å². The first-order chi connectivity index (χ1) is 11.8. The van der Waals surface area contributed by atoms with Gasteiger partial charge in [0.2, 0.25) is 5.91 Å². The number of likely N-dealkylation sites (N-methyl/N-ethyl adjacent to an activating group) is 1. The van der Waals surface area contributed by atoms with Crippen molar-refractivity contribution in [2.24, 2.45) is 0 Å². The van der Waals surface area contributed by atoms with E-state index in [-0.39, 0.29) is 11.7 Å². The lowest BCUT2D eigenvalue weighted by Crippen LogP contribution is -2.29. The van der Waals surface area contributed by atoms with Crippen molar-refractivity contribution in [3.63, 3.8) is 0 Å². The predicted molar refractivity (Wildman–Crippen MR) is 102 cm³/mol. The minimum atomic E-state index is -0.0806. The van der Waals surface area contributed by atoms with Crippen molar-refractivity contribution < 1.29 is 9.59 Å². The van der Waals surface area contributed by atoms with E-state index in [2.05, 4.69) is 34.5 Å². The first kappa shape index (κ1) is 18.7. The average molecular weight is 339 g/mol. The molecular formula is C20H25N3O2. The number of ketones is 1. The van der Waals surface area contributed by atoms with Crippen molar-refractivity contribution in [1.29, 1.82) is 0 Å². The molecule has 0 fully saturated rings. The van der Waals surface area contributed by atoms with E-state index in [0.29, 0.717) is 24.3 Å². The summed E-state index contributed by atoms with van der Waals surface area (Å²) in [7, 11) is 5.93. The van der Waals surface area contributed by atoms with Crippen LogP contribution in [0, 0.1) is 0 Å². The predicted octanol–water partition coefficient (Wildman–Crippen LogP) is 3.03. The summed E-state index contributed by atoms with van der Waals surface area (Å²) in [5.41, 5.74) is 3.64.